The number of carbonyl (C=O) groups is 1. The molecule has 2 atom stereocenters. The molecule has 1 heterocycles. The van der Waals surface area contributed by atoms with Crippen molar-refractivity contribution in [1.82, 2.24) is 4.90 Å². The van der Waals surface area contributed by atoms with Crippen LogP contribution in [0.3, 0.4) is 0 Å². The van der Waals surface area contributed by atoms with Crippen LogP contribution < -0.4 is 5.73 Å². The molecule has 1 saturated heterocycles. The highest BCUT2D eigenvalue weighted by Gasteiger charge is 2.32. The van der Waals surface area contributed by atoms with E-state index in [1.807, 2.05) is 36.1 Å². The van der Waals surface area contributed by atoms with Crippen LogP contribution in [0.2, 0.25) is 5.02 Å². The Hall–Kier alpha value is -0.770. The average Bonchev–Trinajstić information content (AvgIpc) is 2.86. The third-order valence-electron chi connectivity index (χ3n) is 3.58. The smallest absolute Gasteiger partial charge is 0.227 e. The van der Waals surface area contributed by atoms with Gasteiger partial charge in [0.2, 0.25) is 5.91 Å². The van der Waals surface area contributed by atoms with Crippen molar-refractivity contribution >= 4 is 29.9 Å². The molecule has 2 rings (SSSR count). The van der Waals surface area contributed by atoms with Gasteiger partial charge in [0.25, 0.3) is 0 Å². The summed E-state index contributed by atoms with van der Waals surface area (Å²) < 4.78 is 0. The summed E-state index contributed by atoms with van der Waals surface area (Å²) in [5.74, 6) is 0.0213. The van der Waals surface area contributed by atoms with Gasteiger partial charge in [-0.05, 0) is 24.5 Å². The first kappa shape index (κ1) is 16.3. The maximum Gasteiger partial charge on any atom is 0.227 e. The van der Waals surface area contributed by atoms with E-state index in [0.717, 1.165) is 30.0 Å². The van der Waals surface area contributed by atoms with Crippen LogP contribution in [-0.4, -0.2) is 23.9 Å². The van der Waals surface area contributed by atoms with Crippen LogP contribution in [0.15, 0.2) is 24.3 Å². The second kappa shape index (κ2) is 7.13. The lowest BCUT2D eigenvalue weighted by molar-refractivity contribution is -0.135. The number of rotatable bonds is 3. The molecule has 1 aromatic carbocycles. The molecule has 3 nitrogen and oxygen atoms in total. The van der Waals surface area contributed by atoms with Crippen molar-refractivity contribution in [3.63, 3.8) is 0 Å². The summed E-state index contributed by atoms with van der Waals surface area (Å²) in [5, 5.41) is 0.739. The topological polar surface area (TPSA) is 46.3 Å². The number of likely N-dealkylation sites (tertiary alicyclic amines) is 1. The predicted octanol–water partition coefficient (Wildman–Crippen LogP) is 3.02. The number of hydrogen-bond acceptors (Lipinski definition) is 2. The number of nitrogens with zero attached hydrogens (tertiary/aromatic N) is 1. The van der Waals surface area contributed by atoms with Crippen molar-refractivity contribution in [3.05, 3.63) is 34.9 Å². The molecule has 0 aliphatic carbocycles. The first-order valence-electron chi connectivity index (χ1n) is 6.40. The standard InChI is InChI=1S/C14H19ClN2O.ClH/c1-10(9-16)14(18)17-8-4-7-13(17)11-5-2-3-6-12(11)15;/h2-3,5-6,10,13H,4,7-9,16H2,1H3;1H. The predicted molar refractivity (Wildman–Crippen MR) is 80.6 cm³/mol. The molecule has 2 N–H and O–H groups in total. The van der Waals surface area contributed by atoms with E-state index in [4.69, 9.17) is 17.3 Å². The molecule has 0 saturated carbocycles. The fraction of sp³-hybridized carbons (Fsp3) is 0.500. The second-order valence-corrected chi connectivity index (χ2v) is 5.26. The number of amides is 1. The van der Waals surface area contributed by atoms with E-state index in [2.05, 4.69) is 0 Å². The summed E-state index contributed by atoms with van der Waals surface area (Å²) in [6.07, 6.45) is 2.01. The van der Waals surface area contributed by atoms with Gasteiger partial charge in [0.05, 0.1) is 6.04 Å². The Morgan fingerprint density at radius 3 is 2.84 bits per heavy atom. The Balaban J connectivity index is 0.00000180. The van der Waals surface area contributed by atoms with Gasteiger partial charge in [0.15, 0.2) is 0 Å². The van der Waals surface area contributed by atoms with Crippen LogP contribution in [0, 0.1) is 5.92 Å². The minimum absolute atomic E-state index is 0. The third-order valence-corrected chi connectivity index (χ3v) is 3.92. The number of carbonyl (C=O) groups excluding carboxylic acids is 1. The van der Waals surface area contributed by atoms with Gasteiger partial charge in [-0.1, -0.05) is 36.7 Å². The normalized spacial score (nSPS) is 19.9. The van der Waals surface area contributed by atoms with Gasteiger partial charge in [-0.25, -0.2) is 0 Å². The highest BCUT2D eigenvalue weighted by atomic mass is 35.5. The highest BCUT2D eigenvalue weighted by Crippen LogP contribution is 2.36. The van der Waals surface area contributed by atoms with Crippen molar-refractivity contribution in [2.24, 2.45) is 11.7 Å². The minimum Gasteiger partial charge on any atom is -0.335 e. The van der Waals surface area contributed by atoms with Gasteiger partial charge in [0.1, 0.15) is 0 Å². The third kappa shape index (κ3) is 3.41. The molecule has 0 spiro atoms. The summed E-state index contributed by atoms with van der Waals surface area (Å²) >= 11 is 6.23. The zero-order valence-electron chi connectivity index (χ0n) is 11.0. The highest BCUT2D eigenvalue weighted by molar-refractivity contribution is 6.31. The van der Waals surface area contributed by atoms with Gasteiger partial charge in [-0.2, -0.15) is 0 Å². The zero-order chi connectivity index (χ0) is 13.1. The van der Waals surface area contributed by atoms with Gasteiger partial charge >= 0.3 is 0 Å². The van der Waals surface area contributed by atoms with Gasteiger partial charge in [-0.15, -0.1) is 12.4 Å². The second-order valence-electron chi connectivity index (χ2n) is 4.85. The maximum absolute atomic E-state index is 12.3. The molecular weight excluding hydrogens is 283 g/mol. The van der Waals surface area contributed by atoms with Crippen LogP contribution in [0.25, 0.3) is 0 Å². The largest absolute Gasteiger partial charge is 0.335 e. The lowest BCUT2D eigenvalue weighted by Crippen LogP contribution is -2.37. The quantitative estimate of drug-likeness (QED) is 0.933. The van der Waals surface area contributed by atoms with Crippen LogP contribution in [-0.2, 0) is 4.79 Å². The fourth-order valence-corrected chi connectivity index (χ4v) is 2.74. The fourth-order valence-electron chi connectivity index (χ4n) is 2.48. The summed E-state index contributed by atoms with van der Waals surface area (Å²) in [7, 11) is 0. The molecule has 106 valence electrons. The molecule has 0 bridgehead atoms. The van der Waals surface area contributed by atoms with E-state index < -0.39 is 0 Å². The monoisotopic (exact) mass is 302 g/mol. The summed E-state index contributed by atoms with van der Waals surface area (Å²) in [6.45, 7) is 3.08. The lowest BCUT2D eigenvalue weighted by Gasteiger charge is -2.28. The zero-order valence-corrected chi connectivity index (χ0v) is 12.6. The van der Waals surface area contributed by atoms with Crippen molar-refractivity contribution in [2.45, 2.75) is 25.8 Å². The van der Waals surface area contributed by atoms with Gasteiger partial charge in [0, 0.05) is 24.0 Å². The van der Waals surface area contributed by atoms with Crippen LogP contribution in [0.4, 0.5) is 0 Å². The van der Waals surface area contributed by atoms with Gasteiger partial charge < -0.3 is 10.6 Å². The lowest BCUT2D eigenvalue weighted by atomic mass is 10.0. The molecule has 1 amide bonds. The van der Waals surface area contributed by atoms with E-state index in [-0.39, 0.29) is 30.3 Å². The average molecular weight is 303 g/mol. The molecule has 1 aliphatic heterocycles. The Labute approximate surface area is 125 Å². The van der Waals surface area contributed by atoms with Gasteiger partial charge in [-0.3, -0.25) is 4.79 Å². The van der Waals surface area contributed by atoms with E-state index in [9.17, 15) is 4.79 Å². The van der Waals surface area contributed by atoms with E-state index in [0.29, 0.717) is 6.54 Å². The minimum atomic E-state index is -0.118. The van der Waals surface area contributed by atoms with Crippen LogP contribution >= 0.6 is 24.0 Å². The summed E-state index contributed by atoms with van der Waals surface area (Å²) in [4.78, 5) is 14.2. The first-order chi connectivity index (χ1) is 8.65. The Morgan fingerprint density at radius 2 is 2.21 bits per heavy atom. The molecule has 0 aromatic heterocycles. The Kier molecular flexibility index (Phi) is 6.11. The number of hydrogen-bond donors (Lipinski definition) is 1. The molecule has 1 fully saturated rings. The van der Waals surface area contributed by atoms with Crippen molar-refractivity contribution in [2.75, 3.05) is 13.1 Å². The maximum atomic E-state index is 12.3. The SMILES string of the molecule is CC(CN)C(=O)N1CCCC1c1ccccc1Cl.Cl. The molecule has 0 radical (unpaired) electrons. The number of benzene rings is 1. The molecule has 1 aliphatic rings. The summed E-state index contributed by atoms with van der Waals surface area (Å²) in [5.41, 5.74) is 6.63. The molecule has 2 unspecified atom stereocenters. The number of nitrogens with two attached hydrogens (primary N) is 1. The van der Waals surface area contributed by atoms with E-state index >= 15 is 0 Å². The van der Waals surface area contributed by atoms with E-state index in [1.165, 1.54) is 0 Å². The summed E-state index contributed by atoms with van der Waals surface area (Å²) in [6, 6.07) is 7.88. The Morgan fingerprint density at radius 1 is 1.53 bits per heavy atom. The van der Waals surface area contributed by atoms with Crippen molar-refractivity contribution in [3.8, 4) is 0 Å². The van der Waals surface area contributed by atoms with Crippen molar-refractivity contribution in [1.29, 1.82) is 0 Å². The van der Waals surface area contributed by atoms with Crippen molar-refractivity contribution < 1.29 is 4.79 Å². The first-order valence-corrected chi connectivity index (χ1v) is 6.78. The van der Waals surface area contributed by atoms with E-state index in [1.54, 1.807) is 0 Å². The number of halogens is 2. The Bertz CT molecular complexity index is 439. The molecule has 5 heteroatoms. The molecule has 1 aromatic rings. The molecular formula is C14H20Cl2N2O. The molecule has 19 heavy (non-hydrogen) atoms. The van der Waals surface area contributed by atoms with Crippen LogP contribution in [0.1, 0.15) is 31.4 Å². The van der Waals surface area contributed by atoms with Crippen LogP contribution in [0.5, 0.6) is 0 Å².